The number of rotatable bonds is 1. The zero-order valence-corrected chi connectivity index (χ0v) is 13.1. The van der Waals surface area contributed by atoms with Crippen molar-refractivity contribution in [1.82, 2.24) is 9.80 Å². The summed E-state index contributed by atoms with van der Waals surface area (Å²) in [7, 11) is 1.30. The highest BCUT2D eigenvalue weighted by Crippen LogP contribution is 2.36. The van der Waals surface area contributed by atoms with Gasteiger partial charge in [-0.05, 0) is 40.5 Å². The lowest BCUT2D eigenvalue weighted by molar-refractivity contribution is -0.150. The van der Waals surface area contributed by atoms with Gasteiger partial charge in [0, 0.05) is 0 Å². The van der Waals surface area contributed by atoms with Crippen molar-refractivity contribution in [3.05, 3.63) is 0 Å². The Morgan fingerprint density at radius 1 is 1.24 bits per heavy atom. The topological polar surface area (TPSA) is 76.1 Å². The summed E-state index contributed by atoms with van der Waals surface area (Å²) >= 11 is 0. The maximum Gasteiger partial charge on any atom is 0.412 e. The minimum absolute atomic E-state index is 0.237. The van der Waals surface area contributed by atoms with Crippen LogP contribution in [0.15, 0.2) is 0 Å². The average Bonchev–Trinajstić information content (AvgIpc) is 2.88. The highest BCUT2D eigenvalue weighted by molar-refractivity contribution is 5.93. The van der Waals surface area contributed by atoms with Gasteiger partial charge >= 0.3 is 12.1 Å². The van der Waals surface area contributed by atoms with Gasteiger partial charge in [0.05, 0.1) is 7.11 Å². The molecule has 2 saturated heterocycles. The monoisotopic (exact) mass is 298 g/mol. The zero-order chi connectivity index (χ0) is 15.9. The lowest BCUT2D eigenvalue weighted by atomic mass is 10.2. The van der Waals surface area contributed by atoms with Crippen LogP contribution in [0.1, 0.15) is 40.5 Å². The fourth-order valence-electron chi connectivity index (χ4n) is 2.92. The van der Waals surface area contributed by atoms with E-state index in [1.165, 1.54) is 16.9 Å². The number of carbonyl (C=O) groups is 3. The highest BCUT2D eigenvalue weighted by Gasteiger charge is 2.55. The second-order valence-corrected chi connectivity index (χ2v) is 6.41. The van der Waals surface area contributed by atoms with Crippen LogP contribution < -0.4 is 0 Å². The summed E-state index contributed by atoms with van der Waals surface area (Å²) in [6, 6.07) is -1.24. The van der Waals surface area contributed by atoms with Gasteiger partial charge in [0.25, 0.3) is 0 Å². The molecule has 7 heteroatoms. The molecule has 0 spiro atoms. The van der Waals surface area contributed by atoms with Crippen LogP contribution in [0, 0.1) is 0 Å². The fraction of sp³-hybridized carbons (Fsp3) is 0.786. The first-order valence-electron chi connectivity index (χ1n) is 7.08. The van der Waals surface area contributed by atoms with Crippen molar-refractivity contribution in [2.75, 3.05) is 7.11 Å². The number of hydrogen-bond donors (Lipinski definition) is 0. The van der Waals surface area contributed by atoms with Crippen molar-refractivity contribution < 1.29 is 23.9 Å². The summed E-state index contributed by atoms with van der Waals surface area (Å²) in [5.74, 6) is -0.678. The lowest BCUT2D eigenvalue weighted by Gasteiger charge is -2.29. The Balaban J connectivity index is 2.21. The van der Waals surface area contributed by atoms with Crippen molar-refractivity contribution in [3.8, 4) is 0 Å². The van der Waals surface area contributed by atoms with Gasteiger partial charge in [-0.25, -0.2) is 9.59 Å². The summed E-state index contributed by atoms with van der Waals surface area (Å²) in [6.45, 7) is 6.98. The molecule has 0 aromatic rings. The van der Waals surface area contributed by atoms with E-state index in [1.807, 2.05) is 0 Å². The Hall–Kier alpha value is -1.79. The normalized spacial score (nSPS) is 28.6. The van der Waals surface area contributed by atoms with E-state index in [1.54, 1.807) is 27.7 Å². The minimum atomic E-state index is -0.631. The number of ether oxygens (including phenoxy) is 2. The van der Waals surface area contributed by atoms with Gasteiger partial charge in [-0.15, -0.1) is 0 Å². The molecule has 0 unspecified atom stereocenters. The number of methoxy groups -OCH3 is 1. The number of carbonyl (C=O) groups excluding carboxylic acids is 3. The molecule has 7 nitrogen and oxygen atoms in total. The van der Waals surface area contributed by atoms with E-state index >= 15 is 0 Å². The van der Waals surface area contributed by atoms with Gasteiger partial charge in [-0.3, -0.25) is 9.69 Å². The fourth-order valence-corrected chi connectivity index (χ4v) is 2.92. The third-order valence-corrected chi connectivity index (χ3v) is 3.78. The van der Waals surface area contributed by atoms with Gasteiger partial charge in [0.1, 0.15) is 23.9 Å². The second-order valence-electron chi connectivity index (χ2n) is 6.41. The molecule has 118 valence electrons. The molecule has 0 aliphatic carbocycles. The Kier molecular flexibility index (Phi) is 3.86. The predicted octanol–water partition coefficient (Wildman–Crippen LogP) is 1.12. The van der Waals surface area contributed by atoms with Crippen molar-refractivity contribution in [1.29, 1.82) is 0 Å². The van der Waals surface area contributed by atoms with Gasteiger partial charge < -0.3 is 14.4 Å². The minimum Gasteiger partial charge on any atom is -0.467 e. The van der Waals surface area contributed by atoms with Gasteiger partial charge in [-0.2, -0.15) is 0 Å². The Morgan fingerprint density at radius 2 is 1.86 bits per heavy atom. The largest absolute Gasteiger partial charge is 0.467 e. The molecule has 21 heavy (non-hydrogen) atoms. The number of hydrogen-bond acceptors (Lipinski definition) is 5. The molecule has 3 atom stereocenters. The van der Waals surface area contributed by atoms with E-state index in [0.717, 1.165) is 0 Å². The third-order valence-electron chi connectivity index (χ3n) is 3.78. The molecule has 2 rings (SSSR count). The average molecular weight is 298 g/mol. The molecule has 0 saturated carbocycles. The van der Waals surface area contributed by atoms with Crippen LogP contribution in [-0.2, 0) is 19.1 Å². The van der Waals surface area contributed by atoms with Crippen LogP contribution in [0.25, 0.3) is 0 Å². The van der Waals surface area contributed by atoms with Crippen molar-refractivity contribution in [2.45, 2.75) is 64.4 Å². The molecule has 2 aliphatic heterocycles. The zero-order valence-electron chi connectivity index (χ0n) is 13.1. The smallest absolute Gasteiger partial charge is 0.412 e. The first-order valence-corrected chi connectivity index (χ1v) is 7.08. The van der Waals surface area contributed by atoms with E-state index in [2.05, 4.69) is 0 Å². The molecule has 0 N–H and O–H groups in total. The maximum absolute atomic E-state index is 12.4. The quantitative estimate of drug-likeness (QED) is 0.678. The van der Waals surface area contributed by atoms with Crippen LogP contribution >= 0.6 is 0 Å². The molecule has 0 radical (unpaired) electrons. The standard InChI is InChI=1S/C14H22N2O5/c1-8-11(17)16-9(12(18)20-5)6-7-10(16)15(8)13(19)21-14(2,3)4/h8-10H,6-7H2,1-5H3/t8-,9-,10-/m0/s1. The molecule has 2 aliphatic rings. The van der Waals surface area contributed by atoms with Gasteiger partial charge in [-0.1, -0.05) is 0 Å². The SMILES string of the molecule is COC(=O)[C@@H]1CC[C@H]2N(C(=O)OC(C)(C)C)[C@@H](C)C(=O)N21. The molecular weight excluding hydrogens is 276 g/mol. The van der Waals surface area contributed by atoms with Crippen molar-refractivity contribution in [3.63, 3.8) is 0 Å². The van der Waals surface area contributed by atoms with Crippen LogP contribution in [-0.4, -0.2) is 58.7 Å². The van der Waals surface area contributed by atoms with Crippen molar-refractivity contribution >= 4 is 18.0 Å². The molecule has 2 amide bonds. The maximum atomic E-state index is 12.4. The Morgan fingerprint density at radius 3 is 2.38 bits per heavy atom. The van der Waals surface area contributed by atoms with Gasteiger partial charge in [0.2, 0.25) is 5.91 Å². The van der Waals surface area contributed by atoms with Crippen LogP contribution in [0.4, 0.5) is 4.79 Å². The molecule has 0 aromatic carbocycles. The van der Waals surface area contributed by atoms with E-state index in [0.29, 0.717) is 12.8 Å². The molecule has 2 heterocycles. The van der Waals surface area contributed by atoms with Crippen LogP contribution in [0.3, 0.4) is 0 Å². The van der Waals surface area contributed by atoms with E-state index in [-0.39, 0.29) is 5.91 Å². The van der Waals surface area contributed by atoms with Gasteiger partial charge in [0.15, 0.2) is 0 Å². The summed E-state index contributed by atoms with van der Waals surface area (Å²) in [4.78, 5) is 39.3. The van der Waals surface area contributed by atoms with E-state index < -0.39 is 35.9 Å². The lowest BCUT2D eigenvalue weighted by Crippen LogP contribution is -2.45. The predicted molar refractivity (Wildman–Crippen MR) is 73.2 cm³/mol. The highest BCUT2D eigenvalue weighted by atomic mass is 16.6. The van der Waals surface area contributed by atoms with Crippen LogP contribution in [0.2, 0.25) is 0 Å². The summed E-state index contributed by atoms with van der Waals surface area (Å²) in [5, 5.41) is 0. The first-order chi connectivity index (χ1) is 9.67. The Bertz CT molecular complexity index is 470. The van der Waals surface area contributed by atoms with Crippen LogP contribution in [0.5, 0.6) is 0 Å². The van der Waals surface area contributed by atoms with E-state index in [4.69, 9.17) is 9.47 Å². The Labute approximate surface area is 124 Å². The third kappa shape index (κ3) is 2.69. The first kappa shape index (κ1) is 15.6. The number of amides is 2. The molecular formula is C14H22N2O5. The molecule has 0 aromatic heterocycles. The van der Waals surface area contributed by atoms with Crippen molar-refractivity contribution in [2.24, 2.45) is 0 Å². The number of fused-ring (bicyclic) bond motifs is 1. The number of esters is 1. The summed E-state index contributed by atoms with van der Waals surface area (Å²) in [6.07, 6.45) is 0.0947. The second kappa shape index (κ2) is 5.20. The summed E-state index contributed by atoms with van der Waals surface area (Å²) in [5.41, 5.74) is -0.631. The molecule has 0 bridgehead atoms. The van der Waals surface area contributed by atoms with E-state index in [9.17, 15) is 14.4 Å². The summed E-state index contributed by atoms with van der Waals surface area (Å²) < 4.78 is 10.1. The molecule has 2 fully saturated rings. The number of nitrogens with zero attached hydrogens (tertiary/aromatic N) is 2.